The lowest BCUT2D eigenvalue weighted by atomic mass is 10.2. The molecule has 0 radical (unpaired) electrons. The van der Waals surface area contributed by atoms with Crippen LogP contribution in [0.15, 0.2) is 47.4 Å². The van der Waals surface area contributed by atoms with Crippen LogP contribution in [0.2, 0.25) is 0 Å². The van der Waals surface area contributed by atoms with E-state index >= 15 is 0 Å². The summed E-state index contributed by atoms with van der Waals surface area (Å²) >= 11 is 0. The summed E-state index contributed by atoms with van der Waals surface area (Å²) in [4.78, 5) is 26.4. The number of benzene rings is 2. The third-order valence-corrected chi connectivity index (χ3v) is 6.77. The highest BCUT2D eigenvalue weighted by Crippen LogP contribution is 2.33. The van der Waals surface area contributed by atoms with E-state index in [0.29, 0.717) is 22.7 Å². The fraction of sp³-hybridized carbons (Fsp3) is 0.333. The van der Waals surface area contributed by atoms with Gasteiger partial charge in [-0.15, -0.1) is 0 Å². The van der Waals surface area contributed by atoms with Crippen molar-refractivity contribution in [3.8, 4) is 11.5 Å². The summed E-state index contributed by atoms with van der Waals surface area (Å²) in [5, 5.41) is 0. The lowest BCUT2D eigenvalue weighted by molar-refractivity contribution is -0.148. The molecule has 0 saturated heterocycles. The van der Waals surface area contributed by atoms with Gasteiger partial charge in [0.15, 0.2) is 0 Å². The molecule has 0 bridgehead atoms. The minimum atomic E-state index is -3.92. The van der Waals surface area contributed by atoms with Crippen LogP contribution in [0.4, 0.5) is 5.69 Å². The van der Waals surface area contributed by atoms with Gasteiger partial charge in [-0.25, -0.2) is 13.2 Å². The second kappa shape index (κ2) is 8.94. The number of likely N-dealkylation sites (N-methyl/N-ethyl adjacent to an activating group) is 1. The highest BCUT2D eigenvalue weighted by atomic mass is 32.2. The highest BCUT2D eigenvalue weighted by Gasteiger charge is 2.35. The van der Waals surface area contributed by atoms with Gasteiger partial charge in [0.05, 0.1) is 37.9 Å². The van der Waals surface area contributed by atoms with E-state index in [0.717, 1.165) is 4.31 Å². The number of amides is 1. The van der Waals surface area contributed by atoms with E-state index in [1.54, 1.807) is 37.3 Å². The molecule has 166 valence electrons. The third-order valence-electron chi connectivity index (χ3n) is 4.97. The quantitative estimate of drug-likeness (QED) is 0.619. The minimum Gasteiger partial charge on any atom is -0.496 e. The van der Waals surface area contributed by atoms with Gasteiger partial charge in [0.1, 0.15) is 11.5 Å². The second-order valence-electron chi connectivity index (χ2n) is 6.99. The van der Waals surface area contributed by atoms with Crippen LogP contribution in [0.3, 0.4) is 0 Å². The summed E-state index contributed by atoms with van der Waals surface area (Å²) in [5.74, 6) is -0.215. The van der Waals surface area contributed by atoms with E-state index in [2.05, 4.69) is 0 Å². The maximum Gasteiger partial charge on any atom is 0.348 e. The summed E-state index contributed by atoms with van der Waals surface area (Å²) in [6, 6.07) is 11.2. The number of aryl methyl sites for hydroxylation is 1. The van der Waals surface area contributed by atoms with E-state index in [1.807, 2.05) is 0 Å². The Kier molecular flexibility index (Phi) is 6.51. The molecular weight excluding hydrogens is 424 g/mol. The standard InChI is InChI=1S/C21H24N2O7S/c1-14-11-15(9-10-17(14)28-3)31(26,27)22(2)13-20(24)23-12-19(21(25)29-4)30-18-8-6-5-7-16(18)23/h5-11,19H,12-13H2,1-4H3. The number of hydrogen-bond acceptors (Lipinski definition) is 7. The van der Waals surface area contributed by atoms with Gasteiger partial charge in [-0.2, -0.15) is 4.31 Å². The number of rotatable bonds is 6. The van der Waals surface area contributed by atoms with E-state index < -0.39 is 34.5 Å². The van der Waals surface area contributed by atoms with Crippen LogP contribution >= 0.6 is 0 Å². The molecule has 10 heteroatoms. The SMILES string of the molecule is COC(=O)C1CN(C(=O)CN(C)S(=O)(=O)c2ccc(OC)c(C)c2)c2ccccc2O1. The molecule has 0 aromatic heterocycles. The minimum absolute atomic E-state index is 0.0518. The van der Waals surface area contributed by atoms with Gasteiger partial charge in [0.2, 0.25) is 22.0 Å². The maximum absolute atomic E-state index is 13.1. The topological polar surface area (TPSA) is 102 Å². The molecule has 1 amide bonds. The monoisotopic (exact) mass is 448 g/mol. The molecule has 0 saturated carbocycles. The molecule has 0 aliphatic carbocycles. The van der Waals surface area contributed by atoms with Crippen molar-refractivity contribution >= 4 is 27.6 Å². The van der Waals surface area contributed by atoms with Crippen molar-refractivity contribution in [2.75, 3.05) is 39.3 Å². The number of methoxy groups -OCH3 is 2. The Labute approximate surface area is 181 Å². The molecule has 2 aromatic carbocycles. The molecule has 1 aliphatic rings. The number of anilines is 1. The number of nitrogens with zero attached hydrogens (tertiary/aromatic N) is 2. The zero-order valence-electron chi connectivity index (χ0n) is 17.7. The molecule has 1 aliphatic heterocycles. The largest absolute Gasteiger partial charge is 0.496 e. The molecule has 0 spiro atoms. The van der Waals surface area contributed by atoms with Crippen molar-refractivity contribution in [2.24, 2.45) is 0 Å². The molecule has 3 rings (SSSR count). The van der Waals surface area contributed by atoms with Gasteiger partial charge < -0.3 is 19.1 Å². The van der Waals surface area contributed by atoms with Crippen molar-refractivity contribution < 1.29 is 32.2 Å². The lowest BCUT2D eigenvalue weighted by Gasteiger charge is -2.34. The Morgan fingerprint density at radius 2 is 1.90 bits per heavy atom. The normalized spacial score (nSPS) is 15.8. The summed E-state index contributed by atoms with van der Waals surface area (Å²) in [6.07, 6.45) is -1.00. The van der Waals surface area contributed by atoms with Crippen LogP contribution in [0.25, 0.3) is 0 Å². The number of hydrogen-bond donors (Lipinski definition) is 0. The first-order chi connectivity index (χ1) is 14.7. The number of carbonyl (C=O) groups excluding carboxylic acids is 2. The smallest absolute Gasteiger partial charge is 0.348 e. The second-order valence-corrected chi connectivity index (χ2v) is 9.04. The van der Waals surface area contributed by atoms with Crippen LogP contribution in [0.5, 0.6) is 11.5 Å². The van der Waals surface area contributed by atoms with Gasteiger partial charge in [-0.3, -0.25) is 4.79 Å². The average molecular weight is 448 g/mol. The van der Waals surface area contributed by atoms with E-state index in [9.17, 15) is 18.0 Å². The van der Waals surface area contributed by atoms with Gasteiger partial charge in [0.25, 0.3) is 0 Å². The van der Waals surface area contributed by atoms with Gasteiger partial charge in [-0.05, 0) is 42.8 Å². The van der Waals surface area contributed by atoms with E-state index in [1.165, 1.54) is 38.3 Å². The van der Waals surface area contributed by atoms with Crippen molar-refractivity contribution in [2.45, 2.75) is 17.9 Å². The lowest BCUT2D eigenvalue weighted by Crippen LogP contribution is -2.50. The zero-order valence-corrected chi connectivity index (χ0v) is 18.5. The first kappa shape index (κ1) is 22.6. The van der Waals surface area contributed by atoms with E-state index in [4.69, 9.17) is 14.2 Å². The van der Waals surface area contributed by atoms with Crippen LogP contribution in [-0.2, 0) is 24.3 Å². The molecule has 31 heavy (non-hydrogen) atoms. The van der Waals surface area contributed by atoms with Gasteiger partial charge >= 0.3 is 5.97 Å². The van der Waals surface area contributed by atoms with Crippen LogP contribution in [-0.4, -0.2) is 65.1 Å². The number of sulfonamides is 1. The molecule has 1 atom stereocenters. The molecule has 9 nitrogen and oxygen atoms in total. The first-order valence-corrected chi connectivity index (χ1v) is 10.9. The molecular formula is C21H24N2O7S. The molecule has 0 fully saturated rings. The van der Waals surface area contributed by atoms with Gasteiger partial charge in [0, 0.05) is 7.05 Å². The van der Waals surface area contributed by atoms with Crippen LogP contribution in [0, 0.1) is 6.92 Å². The van der Waals surface area contributed by atoms with Crippen LogP contribution in [0.1, 0.15) is 5.56 Å². The number of esters is 1. The number of fused-ring (bicyclic) bond motifs is 1. The van der Waals surface area contributed by atoms with Crippen molar-refractivity contribution in [3.63, 3.8) is 0 Å². The Morgan fingerprint density at radius 3 is 2.55 bits per heavy atom. The number of ether oxygens (including phenoxy) is 3. The maximum atomic E-state index is 13.1. The predicted octanol–water partition coefficient (Wildman–Crippen LogP) is 1.59. The van der Waals surface area contributed by atoms with Crippen molar-refractivity contribution in [1.29, 1.82) is 0 Å². The summed E-state index contributed by atoms with van der Waals surface area (Å²) < 4.78 is 42.5. The highest BCUT2D eigenvalue weighted by molar-refractivity contribution is 7.89. The first-order valence-electron chi connectivity index (χ1n) is 9.44. The fourth-order valence-electron chi connectivity index (χ4n) is 3.28. The average Bonchev–Trinajstić information content (AvgIpc) is 2.77. The Balaban J connectivity index is 1.84. The summed E-state index contributed by atoms with van der Waals surface area (Å²) in [5.41, 5.74) is 1.12. The Hall–Kier alpha value is -3.11. The molecule has 2 aromatic rings. The molecule has 0 N–H and O–H groups in total. The van der Waals surface area contributed by atoms with E-state index in [-0.39, 0.29) is 11.4 Å². The van der Waals surface area contributed by atoms with Crippen molar-refractivity contribution in [3.05, 3.63) is 48.0 Å². The third kappa shape index (κ3) is 4.49. The Bertz CT molecular complexity index is 1100. The number of carbonyl (C=O) groups is 2. The van der Waals surface area contributed by atoms with Crippen LogP contribution < -0.4 is 14.4 Å². The summed E-state index contributed by atoms with van der Waals surface area (Å²) in [6.45, 7) is 1.23. The summed E-state index contributed by atoms with van der Waals surface area (Å²) in [7, 11) is 0.140. The molecule has 1 unspecified atom stereocenters. The Morgan fingerprint density at radius 1 is 1.19 bits per heavy atom. The zero-order chi connectivity index (χ0) is 22.8. The molecule has 1 heterocycles. The van der Waals surface area contributed by atoms with Gasteiger partial charge in [-0.1, -0.05) is 12.1 Å². The fourth-order valence-corrected chi connectivity index (χ4v) is 4.48. The van der Waals surface area contributed by atoms with Crippen molar-refractivity contribution in [1.82, 2.24) is 4.31 Å². The number of para-hydroxylation sites is 2. The predicted molar refractivity (Wildman–Crippen MR) is 113 cm³/mol.